The Hall–Kier alpha value is -1.09. The van der Waals surface area contributed by atoms with Crippen molar-refractivity contribution in [3.05, 3.63) is 29.6 Å². The lowest BCUT2D eigenvalue weighted by atomic mass is 9.69. The lowest BCUT2D eigenvalue weighted by molar-refractivity contribution is 0.300. The maximum atomic E-state index is 14.1. The lowest BCUT2D eigenvalue weighted by Gasteiger charge is -2.39. The third-order valence-corrected chi connectivity index (χ3v) is 4.21. The average molecular weight is 250 g/mol. The molecular formula is C15H23FN2. The second kappa shape index (κ2) is 5.27. The van der Waals surface area contributed by atoms with Gasteiger partial charge in [0, 0.05) is 26.1 Å². The summed E-state index contributed by atoms with van der Waals surface area (Å²) in [4.78, 5) is 1.87. The first-order valence-corrected chi connectivity index (χ1v) is 6.77. The molecule has 100 valence electrons. The van der Waals surface area contributed by atoms with Crippen LogP contribution in [0.1, 0.15) is 37.7 Å². The molecule has 0 unspecified atom stereocenters. The van der Waals surface area contributed by atoms with E-state index in [1.54, 1.807) is 0 Å². The van der Waals surface area contributed by atoms with Gasteiger partial charge in [-0.15, -0.1) is 0 Å². The standard InChI is InChI=1S/C15H23FN2/c1-18(2)14-12(7-6-8-13(14)16)15(11-17)9-4-3-5-10-15/h6-8H,3-5,9-11,17H2,1-2H3. The van der Waals surface area contributed by atoms with Gasteiger partial charge in [0.2, 0.25) is 0 Å². The van der Waals surface area contributed by atoms with Crippen LogP contribution in [-0.4, -0.2) is 20.6 Å². The van der Waals surface area contributed by atoms with Gasteiger partial charge in [-0.05, 0) is 24.5 Å². The number of halogens is 1. The highest BCUT2D eigenvalue weighted by Crippen LogP contribution is 2.43. The Morgan fingerprint density at radius 2 is 1.89 bits per heavy atom. The molecule has 2 nitrogen and oxygen atoms in total. The molecule has 0 radical (unpaired) electrons. The molecule has 1 aromatic carbocycles. The minimum absolute atomic E-state index is 0.0278. The van der Waals surface area contributed by atoms with E-state index in [-0.39, 0.29) is 11.2 Å². The molecule has 1 aliphatic carbocycles. The minimum Gasteiger partial charge on any atom is -0.375 e. The van der Waals surface area contributed by atoms with Crippen molar-refractivity contribution in [3.63, 3.8) is 0 Å². The van der Waals surface area contributed by atoms with Crippen LogP contribution in [0.15, 0.2) is 18.2 Å². The first-order chi connectivity index (χ1) is 8.60. The average Bonchev–Trinajstić information content (AvgIpc) is 2.38. The molecular weight excluding hydrogens is 227 g/mol. The Balaban J connectivity index is 2.51. The van der Waals surface area contributed by atoms with Crippen LogP contribution in [0.25, 0.3) is 0 Å². The smallest absolute Gasteiger partial charge is 0.146 e. The predicted molar refractivity (Wildman–Crippen MR) is 74.5 cm³/mol. The zero-order valence-electron chi connectivity index (χ0n) is 11.4. The summed E-state index contributed by atoms with van der Waals surface area (Å²) in [5.74, 6) is -0.143. The Morgan fingerprint density at radius 3 is 2.44 bits per heavy atom. The fourth-order valence-electron chi connectivity index (χ4n) is 3.21. The topological polar surface area (TPSA) is 29.3 Å². The van der Waals surface area contributed by atoms with Gasteiger partial charge in [-0.3, -0.25) is 0 Å². The van der Waals surface area contributed by atoms with E-state index in [1.807, 2.05) is 25.1 Å². The zero-order valence-corrected chi connectivity index (χ0v) is 11.4. The summed E-state index contributed by atoms with van der Waals surface area (Å²) in [6.07, 6.45) is 5.82. The van der Waals surface area contributed by atoms with Crippen LogP contribution in [-0.2, 0) is 5.41 Å². The normalized spacial score (nSPS) is 18.7. The molecule has 0 aliphatic heterocycles. The molecule has 0 bridgehead atoms. The van der Waals surface area contributed by atoms with Crippen molar-refractivity contribution in [2.24, 2.45) is 5.73 Å². The van der Waals surface area contributed by atoms with E-state index < -0.39 is 0 Å². The van der Waals surface area contributed by atoms with E-state index in [1.165, 1.54) is 25.3 Å². The third-order valence-electron chi connectivity index (χ3n) is 4.21. The number of anilines is 1. The van der Waals surface area contributed by atoms with Crippen LogP contribution in [0.3, 0.4) is 0 Å². The summed E-state index contributed by atoms with van der Waals surface area (Å²) >= 11 is 0. The van der Waals surface area contributed by atoms with Crippen LogP contribution in [0.5, 0.6) is 0 Å². The van der Waals surface area contributed by atoms with Crippen LogP contribution in [0.4, 0.5) is 10.1 Å². The molecule has 2 N–H and O–H groups in total. The number of rotatable bonds is 3. The van der Waals surface area contributed by atoms with Gasteiger partial charge >= 0.3 is 0 Å². The first-order valence-electron chi connectivity index (χ1n) is 6.77. The van der Waals surface area contributed by atoms with Crippen molar-refractivity contribution in [1.29, 1.82) is 0 Å². The summed E-state index contributed by atoms with van der Waals surface area (Å²) in [5.41, 5.74) is 7.83. The largest absolute Gasteiger partial charge is 0.375 e. The van der Waals surface area contributed by atoms with Crippen LogP contribution < -0.4 is 10.6 Å². The van der Waals surface area contributed by atoms with Gasteiger partial charge < -0.3 is 10.6 Å². The summed E-state index contributed by atoms with van der Waals surface area (Å²) in [5, 5.41) is 0. The van der Waals surface area contributed by atoms with E-state index in [2.05, 4.69) is 6.07 Å². The molecule has 0 atom stereocenters. The van der Waals surface area contributed by atoms with Crippen molar-refractivity contribution in [2.45, 2.75) is 37.5 Å². The van der Waals surface area contributed by atoms with Crippen molar-refractivity contribution < 1.29 is 4.39 Å². The SMILES string of the molecule is CN(C)c1c(F)cccc1C1(CN)CCCCC1. The van der Waals surface area contributed by atoms with Gasteiger partial charge in [0.1, 0.15) is 5.82 Å². The molecule has 1 saturated carbocycles. The fraction of sp³-hybridized carbons (Fsp3) is 0.600. The number of nitrogens with zero attached hydrogens (tertiary/aromatic N) is 1. The van der Waals surface area contributed by atoms with E-state index in [0.717, 1.165) is 18.4 Å². The van der Waals surface area contributed by atoms with E-state index in [0.29, 0.717) is 12.2 Å². The molecule has 0 amide bonds. The second-order valence-corrected chi connectivity index (χ2v) is 5.58. The van der Waals surface area contributed by atoms with E-state index in [9.17, 15) is 4.39 Å². The molecule has 1 aliphatic rings. The maximum Gasteiger partial charge on any atom is 0.146 e. The summed E-state index contributed by atoms with van der Waals surface area (Å²) in [6, 6.07) is 5.39. The molecule has 18 heavy (non-hydrogen) atoms. The maximum absolute atomic E-state index is 14.1. The van der Waals surface area contributed by atoms with E-state index in [4.69, 9.17) is 5.73 Å². The number of hydrogen-bond donors (Lipinski definition) is 1. The highest BCUT2D eigenvalue weighted by Gasteiger charge is 2.35. The number of para-hydroxylation sites is 1. The van der Waals surface area contributed by atoms with Gasteiger partial charge in [0.15, 0.2) is 0 Å². The molecule has 1 aromatic rings. The van der Waals surface area contributed by atoms with Crippen molar-refractivity contribution >= 4 is 5.69 Å². The molecule has 3 heteroatoms. The Labute approximate surface area is 109 Å². The monoisotopic (exact) mass is 250 g/mol. The van der Waals surface area contributed by atoms with Crippen molar-refractivity contribution in [1.82, 2.24) is 0 Å². The van der Waals surface area contributed by atoms with Crippen LogP contribution >= 0.6 is 0 Å². The summed E-state index contributed by atoms with van der Waals surface area (Å²) in [7, 11) is 3.80. The Bertz CT molecular complexity index is 409. The zero-order chi connectivity index (χ0) is 13.2. The first kappa shape index (κ1) is 13.3. The summed E-state index contributed by atoms with van der Waals surface area (Å²) < 4.78 is 14.1. The van der Waals surface area contributed by atoms with Gasteiger partial charge in [-0.2, -0.15) is 0 Å². The quantitative estimate of drug-likeness (QED) is 0.893. The van der Waals surface area contributed by atoms with E-state index >= 15 is 0 Å². The molecule has 1 fully saturated rings. The van der Waals surface area contributed by atoms with Crippen LogP contribution in [0.2, 0.25) is 0 Å². The van der Waals surface area contributed by atoms with Crippen molar-refractivity contribution in [2.75, 3.05) is 25.5 Å². The van der Waals surface area contributed by atoms with Gasteiger partial charge in [-0.25, -0.2) is 4.39 Å². The summed E-state index contributed by atoms with van der Waals surface area (Å²) in [6.45, 7) is 0.608. The van der Waals surface area contributed by atoms with Gasteiger partial charge in [-0.1, -0.05) is 31.4 Å². The molecule has 0 heterocycles. The number of nitrogens with two attached hydrogens (primary N) is 1. The highest BCUT2D eigenvalue weighted by atomic mass is 19.1. The molecule has 0 aromatic heterocycles. The lowest BCUT2D eigenvalue weighted by Crippen LogP contribution is -2.38. The van der Waals surface area contributed by atoms with Gasteiger partial charge in [0.05, 0.1) is 5.69 Å². The third kappa shape index (κ3) is 2.24. The number of benzene rings is 1. The van der Waals surface area contributed by atoms with Gasteiger partial charge in [0.25, 0.3) is 0 Å². The number of hydrogen-bond acceptors (Lipinski definition) is 2. The predicted octanol–water partition coefficient (Wildman–Crippen LogP) is 3.05. The molecule has 0 spiro atoms. The minimum atomic E-state index is -0.143. The van der Waals surface area contributed by atoms with Crippen molar-refractivity contribution in [3.8, 4) is 0 Å². The van der Waals surface area contributed by atoms with Crippen LogP contribution in [0, 0.1) is 5.82 Å². The second-order valence-electron chi connectivity index (χ2n) is 5.58. The fourth-order valence-corrected chi connectivity index (χ4v) is 3.21. The molecule has 2 rings (SSSR count). The Kier molecular flexibility index (Phi) is 3.91. The highest BCUT2D eigenvalue weighted by molar-refractivity contribution is 5.57. The Morgan fingerprint density at radius 1 is 1.22 bits per heavy atom. The molecule has 0 saturated heterocycles.